The van der Waals surface area contributed by atoms with E-state index in [9.17, 15) is 14.7 Å². The maximum atomic E-state index is 12.5. The van der Waals surface area contributed by atoms with Crippen LogP contribution >= 0.6 is 0 Å². The number of ether oxygens (including phenoxy) is 1. The quantitative estimate of drug-likeness (QED) is 0.584. The number of aryl methyl sites for hydroxylation is 2. The van der Waals surface area contributed by atoms with Crippen molar-refractivity contribution >= 4 is 17.1 Å². The molecule has 1 aromatic carbocycles. The van der Waals surface area contributed by atoms with E-state index in [1.807, 2.05) is 49.9 Å². The fraction of sp³-hybridized carbons (Fsp3) is 0.450. The third kappa shape index (κ3) is 4.19. The Labute approximate surface area is 168 Å². The molecule has 0 saturated carbocycles. The number of nitrogens with one attached hydrogen (secondary N) is 1. The summed E-state index contributed by atoms with van der Waals surface area (Å²) < 4.78 is 8.63. The highest BCUT2D eigenvalue weighted by atomic mass is 16.5. The number of hydrogen-bond donors (Lipinski definition) is 2. The highest BCUT2D eigenvalue weighted by Crippen LogP contribution is 2.20. The van der Waals surface area contributed by atoms with Crippen LogP contribution in [0.3, 0.4) is 0 Å². The minimum absolute atomic E-state index is 0.0596. The Hall–Kier alpha value is -3.07. The van der Waals surface area contributed by atoms with Gasteiger partial charge in [-0.05, 0) is 32.9 Å². The summed E-state index contributed by atoms with van der Waals surface area (Å²) in [5.74, 6) is 1.19. The van der Waals surface area contributed by atoms with Crippen LogP contribution in [0, 0.1) is 6.92 Å². The number of hydrogen-bond acceptors (Lipinski definition) is 6. The zero-order valence-corrected chi connectivity index (χ0v) is 17.2. The number of aromatic amines is 1. The van der Waals surface area contributed by atoms with Gasteiger partial charge in [-0.2, -0.15) is 4.98 Å². The van der Waals surface area contributed by atoms with Gasteiger partial charge in [0.1, 0.15) is 18.5 Å². The number of H-pyrrole nitrogens is 1. The molecule has 0 fully saturated rings. The first kappa shape index (κ1) is 20.7. The summed E-state index contributed by atoms with van der Waals surface area (Å²) in [5, 5.41) is 10.6. The number of imidazole rings is 1. The molecular weight excluding hydrogens is 374 g/mol. The van der Waals surface area contributed by atoms with Crippen molar-refractivity contribution in [2.24, 2.45) is 7.05 Å². The molecule has 1 unspecified atom stereocenters. The second kappa shape index (κ2) is 8.52. The minimum Gasteiger partial charge on any atom is -0.491 e. The predicted molar refractivity (Wildman–Crippen MR) is 112 cm³/mol. The van der Waals surface area contributed by atoms with Gasteiger partial charge in [-0.25, -0.2) is 4.79 Å². The second-order valence-electron chi connectivity index (χ2n) is 6.96. The van der Waals surface area contributed by atoms with Gasteiger partial charge in [0.2, 0.25) is 5.95 Å². The van der Waals surface area contributed by atoms with Gasteiger partial charge in [0, 0.05) is 20.1 Å². The zero-order valence-electron chi connectivity index (χ0n) is 17.2. The summed E-state index contributed by atoms with van der Waals surface area (Å²) in [7, 11) is 1.56. The van der Waals surface area contributed by atoms with E-state index >= 15 is 0 Å². The van der Waals surface area contributed by atoms with Crippen LogP contribution in [0.25, 0.3) is 11.2 Å². The van der Waals surface area contributed by atoms with Gasteiger partial charge in [-0.15, -0.1) is 0 Å². The number of benzene rings is 1. The first-order chi connectivity index (χ1) is 13.8. The summed E-state index contributed by atoms with van der Waals surface area (Å²) >= 11 is 0. The molecule has 9 heteroatoms. The van der Waals surface area contributed by atoms with Gasteiger partial charge in [0.15, 0.2) is 11.2 Å². The highest BCUT2D eigenvalue weighted by Gasteiger charge is 2.22. The molecular formula is C20H27N5O4. The molecule has 0 aliphatic heterocycles. The van der Waals surface area contributed by atoms with E-state index < -0.39 is 17.4 Å². The smallest absolute Gasteiger partial charge is 0.329 e. The van der Waals surface area contributed by atoms with Crippen LogP contribution in [-0.4, -0.2) is 50.0 Å². The molecule has 1 atom stereocenters. The summed E-state index contributed by atoms with van der Waals surface area (Å²) in [6.45, 7) is 7.45. The minimum atomic E-state index is -0.875. The molecule has 0 amide bonds. The maximum absolute atomic E-state index is 12.5. The Morgan fingerprint density at radius 3 is 2.48 bits per heavy atom. The average molecular weight is 401 g/mol. The SMILES string of the molecule is CCN(CC)c1nc2c(c(=O)[nH]c(=O)n2C)n1CC(O)COc1ccc(C)cc1. The lowest BCUT2D eigenvalue weighted by molar-refractivity contribution is 0.0936. The fourth-order valence-electron chi connectivity index (χ4n) is 3.23. The Bertz CT molecular complexity index is 1090. The van der Waals surface area contributed by atoms with Crippen molar-refractivity contribution in [2.75, 3.05) is 24.6 Å². The maximum Gasteiger partial charge on any atom is 0.329 e. The van der Waals surface area contributed by atoms with Crippen molar-refractivity contribution < 1.29 is 9.84 Å². The van der Waals surface area contributed by atoms with Crippen molar-refractivity contribution in [1.82, 2.24) is 19.1 Å². The van der Waals surface area contributed by atoms with Crippen LogP contribution in [-0.2, 0) is 13.6 Å². The topological polar surface area (TPSA) is 105 Å². The molecule has 2 aromatic heterocycles. The van der Waals surface area contributed by atoms with E-state index in [0.717, 1.165) is 5.56 Å². The van der Waals surface area contributed by atoms with Crippen LogP contribution in [0.4, 0.5) is 5.95 Å². The van der Waals surface area contributed by atoms with Crippen molar-refractivity contribution in [2.45, 2.75) is 33.4 Å². The normalized spacial score (nSPS) is 12.3. The van der Waals surface area contributed by atoms with Crippen molar-refractivity contribution in [3.8, 4) is 5.75 Å². The predicted octanol–water partition coefficient (Wildman–Crippen LogP) is 1.02. The number of anilines is 1. The summed E-state index contributed by atoms with van der Waals surface area (Å²) in [6.07, 6.45) is -0.875. The second-order valence-corrected chi connectivity index (χ2v) is 6.96. The van der Waals surface area contributed by atoms with E-state index in [1.165, 1.54) is 4.57 Å². The molecule has 3 rings (SSSR count). The van der Waals surface area contributed by atoms with E-state index in [0.29, 0.717) is 24.8 Å². The van der Waals surface area contributed by atoms with Crippen LogP contribution in [0.15, 0.2) is 33.9 Å². The van der Waals surface area contributed by atoms with Gasteiger partial charge in [-0.3, -0.25) is 14.3 Å². The first-order valence-electron chi connectivity index (χ1n) is 9.67. The lowest BCUT2D eigenvalue weighted by Crippen LogP contribution is -2.32. The molecule has 0 radical (unpaired) electrons. The molecule has 0 spiro atoms. The van der Waals surface area contributed by atoms with Crippen LogP contribution in [0.1, 0.15) is 19.4 Å². The standard InChI is InChI=1S/C20H27N5O4/c1-5-24(6-2)19-21-17-16(18(27)22-20(28)23(17)4)25(19)11-14(26)12-29-15-9-7-13(3)8-10-15/h7-10,14,26H,5-6,11-12H2,1-4H3,(H,22,27,28). The Morgan fingerprint density at radius 1 is 1.21 bits per heavy atom. The number of aromatic nitrogens is 4. The van der Waals surface area contributed by atoms with Gasteiger partial charge in [0.05, 0.1) is 6.54 Å². The first-order valence-corrected chi connectivity index (χ1v) is 9.67. The largest absolute Gasteiger partial charge is 0.491 e. The molecule has 0 aliphatic rings. The van der Waals surface area contributed by atoms with Gasteiger partial charge in [0.25, 0.3) is 5.56 Å². The number of aliphatic hydroxyl groups is 1. The number of nitrogens with zero attached hydrogens (tertiary/aromatic N) is 4. The number of aliphatic hydroxyl groups excluding tert-OH is 1. The van der Waals surface area contributed by atoms with E-state index in [4.69, 9.17) is 4.74 Å². The van der Waals surface area contributed by atoms with E-state index in [2.05, 4.69) is 9.97 Å². The molecule has 2 heterocycles. The number of fused-ring (bicyclic) bond motifs is 1. The van der Waals surface area contributed by atoms with Crippen molar-refractivity contribution in [3.63, 3.8) is 0 Å². The molecule has 0 saturated heterocycles. The molecule has 0 bridgehead atoms. The zero-order chi connectivity index (χ0) is 21.1. The Morgan fingerprint density at radius 2 is 1.86 bits per heavy atom. The lowest BCUT2D eigenvalue weighted by Gasteiger charge is -2.22. The van der Waals surface area contributed by atoms with E-state index in [1.54, 1.807) is 11.6 Å². The highest BCUT2D eigenvalue weighted by molar-refractivity contribution is 5.74. The summed E-state index contributed by atoms with van der Waals surface area (Å²) in [4.78, 5) is 33.3. The average Bonchev–Trinajstić information content (AvgIpc) is 3.06. The van der Waals surface area contributed by atoms with E-state index in [-0.39, 0.29) is 24.3 Å². The van der Waals surface area contributed by atoms with Crippen LogP contribution in [0.5, 0.6) is 5.75 Å². The Kier molecular flexibility index (Phi) is 6.07. The third-order valence-corrected chi connectivity index (χ3v) is 4.89. The van der Waals surface area contributed by atoms with Crippen LogP contribution in [0.2, 0.25) is 0 Å². The molecule has 2 N–H and O–H groups in total. The molecule has 3 aromatic rings. The monoisotopic (exact) mass is 401 g/mol. The molecule has 156 valence electrons. The summed E-state index contributed by atoms with van der Waals surface area (Å²) in [5.41, 5.74) is 0.606. The fourth-order valence-corrected chi connectivity index (χ4v) is 3.23. The van der Waals surface area contributed by atoms with Gasteiger partial charge >= 0.3 is 5.69 Å². The number of rotatable bonds is 8. The van der Waals surface area contributed by atoms with Crippen LogP contribution < -0.4 is 20.9 Å². The van der Waals surface area contributed by atoms with Gasteiger partial charge < -0.3 is 19.3 Å². The molecule has 9 nitrogen and oxygen atoms in total. The lowest BCUT2D eigenvalue weighted by atomic mass is 10.2. The third-order valence-electron chi connectivity index (χ3n) is 4.89. The van der Waals surface area contributed by atoms with Gasteiger partial charge in [-0.1, -0.05) is 17.7 Å². The van der Waals surface area contributed by atoms with Crippen molar-refractivity contribution in [1.29, 1.82) is 0 Å². The Balaban J connectivity index is 1.94. The van der Waals surface area contributed by atoms with Crippen molar-refractivity contribution in [3.05, 3.63) is 50.7 Å². The molecule has 29 heavy (non-hydrogen) atoms. The summed E-state index contributed by atoms with van der Waals surface area (Å²) in [6, 6.07) is 7.56. The molecule has 0 aliphatic carbocycles.